The molecule has 116 valence electrons. The fourth-order valence-corrected chi connectivity index (χ4v) is 3.33. The maximum atomic E-state index is 14.1. The number of hydrogen-bond acceptors (Lipinski definition) is 3. The Balaban J connectivity index is 2.30. The molecule has 1 aliphatic carbocycles. The van der Waals surface area contributed by atoms with Gasteiger partial charge in [0.2, 0.25) is 0 Å². The van der Waals surface area contributed by atoms with Crippen LogP contribution in [0.1, 0.15) is 42.5 Å². The minimum absolute atomic E-state index is 0.107. The maximum absolute atomic E-state index is 14.1. The topological polar surface area (TPSA) is 63.2 Å². The van der Waals surface area contributed by atoms with Gasteiger partial charge in [0.1, 0.15) is 10.7 Å². The van der Waals surface area contributed by atoms with Crippen LogP contribution < -0.4 is 5.32 Å². The van der Waals surface area contributed by atoms with Crippen LogP contribution in [0.5, 0.6) is 0 Å². The van der Waals surface area contributed by atoms with Crippen LogP contribution in [0.25, 0.3) is 0 Å². The molecule has 21 heavy (non-hydrogen) atoms. The molecule has 0 saturated heterocycles. The van der Waals surface area contributed by atoms with E-state index < -0.39 is 37.1 Å². The van der Waals surface area contributed by atoms with Crippen LogP contribution in [0, 0.1) is 11.6 Å². The van der Waals surface area contributed by atoms with Crippen molar-refractivity contribution in [1.29, 1.82) is 0 Å². The summed E-state index contributed by atoms with van der Waals surface area (Å²) in [5, 5.41) is 2.60. The summed E-state index contributed by atoms with van der Waals surface area (Å²) in [6.07, 6.45) is 4.53. The van der Waals surface area contributed by atoms with Gasteiger partial charge in [-0.3, -0.25) is 4.79 Å². The smallest absolute Gasteiger partial charge is 0.264 e. The van der Waals surface area contributed by atoms with Gasteiger partial charge in [-0.15, -0.1) is 0 Å². The lowest BCUT2D eigenvalue weighted by atomic mass is 9.95. The van der Waals surface area contributed by atoms with E-state index in [1.807, 2.05) is 0 Å². The standard InChI is InChI=1S/C13H14ClF2NO3S/c14-21(19,20)11-7-8(15)6-10(12(11)16)13(18)17-9-4-2-1-3-5-9/h6-7,9H,1-5H2,(H,17,18). The highest BCUT2D eigenvalue weighted by molar-refractivity contribution is 8.13. The van der Waals surface area contributed by atoms with E-state index in [-0.39, 0.29) is 6.04 Å². The quantitative estimate of drug-likeness (QED) is 0.862. The number of benzene rings is 1. The summed E-state index contributed by atoms with van der Waals surface area (Å²) in [6, 6.07) is 1.01. The van der Waals surface area contributed by atoms with Crippen molar-refractivity contribution in [3.05, 3.63) is 29.3 Å². The van der Waals surface area contributed by atoms with Crippen LogP contribution in [-0.2, 0) is 9.05 Å². The second-order valence-corrected chi connectivity index (χ2v) is 7.55. The van der Waals surface area contributed by atoms with Crippen molar-refractivity contribution in [2.24, 2.45) is 0 Å². The number of amides is 1. The molecule has 1 fully saturated rings. The molecule has 0 radical (unpaired) electrons. The zero-order chi connectivity index (χ0) is 15.6. The van der Waals surface area contributed by atoms with E-state index in [0.29, 0.717) is 12.1 Å². The van der Waals surface area contributed by atoms with Gasteiger partial charge in [0.15, 0.2) is 5.82 Å². The Hall–Kier alpha value is -1.21. The Morgan fingerprint density at radius 1 is 1.19 bits per heavy atom. The Labute approximate surface area is 125 Å². The average Bonchev–Trinajstić information content (AvgIpc) is 2.40. The first-order valence-electron chi connectivity index (χ1n) is 6.53. The van der Waals surface area contributed by atoms with Gasteiger partial charge >= 0.3 is 0 Å². The first-order valence-corrected chi connectivity index (χ1v) is 8.84. The molecule has 0 atom stereocenters. The SMILES string of the molecule is O=C(NC1CCCCC1)c1cc(F)cc(S(=O)(=O)Cl)c1F. The van der Waals surface area contributed by atoms with Gasteiger partial charge in [0, 0.05) is 16.7 Å². The second-order valence-electron chi connectivity index (χ2n) is 5.01. The lowest BCUT2D eigenvalue weighted by molar-refractivity contribution is 0.0922. The van der Waals surface area contributed by atoms with Gasteiger partial charge in [0.05, 0.1) is 5.56 Å². The molecule has 1 saturated carbocycles. The molecular weight excluding hydrogens is 324 g/mol. The number of nitrogens with one attached hydrogen (secondary N) is 1. The Bertz CT molecular complexity index is 658. The van der Waals surface area contributed by atoms with E-state index in [0.717, 1.165) is 32.1 Å². The molecule has 1 aromatic rings. The molecule has 1 amide bonds. The summed E-state index contributed by atoms with van der Waals surface area (Å²) >= 11 is 0. The van der Waals surface area contributed by atoms with Crippen molar-refractivity contribution >= 4 is 25.6 Å². The number of hydrogen-bond donors (Lipinski definition) is 1. The van der Waals surface area contributed by atoms with Crippen molar-refractivity contribution in [1.82, 2.24) is 5.32 Å². The molecule has 4 nitrogen and oxygen atoms in total. The lowest BCUT2D eigenvalue weighted by Crippen LogP contribution is -2.36. The first kappa shape index (κ1) is 16.2. The number of carbonyl (C=O) groups is 1. The average molecular weight is 338 g/mol. The van der Waals surface area contributed by atoms with Crippen molar-refractivity contribution in [3.8, 4) is 0 Å². The molecule has 2 rings (SSSR count). The molecule has 0 unspecified atom stereocenters. The van der Waals surface area contributed by atoms with Crippen molar-refractivity contribution in [3.63, 3.8) is 0 Å². The predicted octanol–water partition coefficient (Wildman–Crippen LogP) is 2.95. The number of carbonyl (C=O) groups excluding carboxylic acids is 1. The third-order valence-corrected chi connectivity index (χ3v) is 4.77. The van der Waals surface area contributed by atoms with Crippen LogP contribution in [0.2, 0.25) is 0 Å². The van der Waals surface area contributed by atoms with Gasteiger partial charge in [-0.25, -0.2) is 17.2 Å². The van der Waals surface area contributed by atoms with E-state index in [2.05, 4.69) is 5.32 Å². The van der Waals surface area contributed by atoms with Crippen LogP contribution in [0.4, 0.5) is 8.78 Å². The van der Waals surface area contributed by atoms with E-state index in [1.54, 1.807) is 0 Å². The van der Waals surface area contributed by atoms with Gasteiger partial charge in [-0.05, 0) is 25.0 Å². The molecule has 8 heteroatoms. The van der Waals surface area contributed by atoms with Crippen molar-refractivity contribution in [2.45, 2.75) is 43.0 Å². The lowest BCUT2D eigenvalue weighted by Gasteiger charge is -2.23. The largest absolute Gasteiger partial charge is 0.349 e. The minimum atomic E-state index is -4.47. The van der Waals surface area contributed by atoms with Crippen molar-refractivity contribution in [2.75, 3.05) is 0 Å². The van der Waals surface area contributed by atoms with Gasteiger partial charge in [-0.2, -0.15) is 0 Å². The Morgan fingerprint density at radius 2 is 1.81 bits per heavy atom. The summed E-state index contributed by atoms with van der Waals surface area (Å²) < 4.78 is 49.9. The van der Waals surface area contributed by atoms with Crippen molar-refractivity contribution < 1.29 is 22.0 Å². The van der Waals surface area contributed by atoms with Crippen LogP contribution in [0.15, 0.2) is 17.0 Å². The zero-order valence-corrected chi connectivity index (χ0v) is 12.6. The fourth-order valence-electron chi connectivity index (χ4n) is 2.42. The third-order valence-electron chi connectivity index (χ3n) is 3.45. The van der Waals surface area contributed by atoms with E-state index in [1.165, 1.54) is 0 Å². The van der Waals surface area contributed by atoms with Gasteiger partial charge < -0.3 is 5.32 Å². The molecule has 1 aliphatic rings. The molecule has 1 N–H and O–H groups in total. The van der Waals surface area contributed by atoms with Crippen LogP contribution >= 0.6 is 10.7 Å². The summed E-state index contributed by atoms with van der Waals surface area (Å²) in [6.45, 7) is 0. The molecular formula is C13H14ClF2NO3S. The fraction of sp³-hybridized carbons (Fsp3) is 0.462. The minimum Gasteiger partial charge on any atom is -0.349 e. The molecule has 0 heterocycles. The van der Waals surface area contributed by atoms with E-state index in [9.17, 15) is 22.0 Å². The summed E-state index contributed by atoms with van der Waals surface area (Å²) in [7, 11) is 0.570. The van der Waals surface area contributed by atoms with Crippen LogP contribution in [0.3, 0.4) is 0 Å². The highest BCUT2D eigenvalue weighted by atomic mass is 35.7. The molecule has 0 bridgehead atoms. The van der Waals surface area contributed by atoms with E-state index in [4.69, 9.17) is 10.7 Å². The number of halogens is 3. The van der Waals surface area contributed by atoms with Crippen LogP contribution in [-0.4, -0.2) is 20.4 Å². The molecule has 0 aliphatic heterocycles. The third kappa shape index (κ3) is 3.91. The zero-order valence-electron chi connectivity index (χ0n) is 11.0. The second kappa shape index (κ2) is 6.27. The highest BCUT2D eigenvalue weighted by Gasteiger charge is 2.25. The summed E-state index contributed by atoms with van der Waals surface area (Å²) in [4.78, 5) is 11.0. The van der Waals surface area contributed by atoms with Gasteiger partial charge in [0.25, 0.3) is 15.0 Å². The molecule has 0 spiro atoms. The number of rotatable bonds is 3. The Morgan fingerprint density at radius 3 is 2.38 bits per heavy atom. The normalized spacial score (nSPS) is 16.7. The molecule has 1 aromatic carbocycles. The summed E-state index contributed by atoms with van der Waals surface area (Å²) in [5.41, 5.74) is -0.653. The first-order chi connectivity index (χ1) is 9.79. The van der Waals surface area contributed by atoms with E-state index >= 15 is 0 Å². The summed E-state index contributed by atoms with van der Waals surface area (Å²) in [5.74, 6) is -3.20. The Kier molecular flexibility index (Phi) is 4.83. The predicted molar refractivity (Wildman–Crippen MR) is 73.7 cm³/mol. The monoisotopic (exact) mass is 337 g/mol. The van der Waals surface area contributed by atoms with Gasteiger partial charge in [-0.1, -0.05) is 19.3 Å². The highest BCUT2D eigenvalue weighted by Crippen LogP contribution is 2.24. The maximum Gasteiger partial charge on any atom is 0.264 e. The molecule has 0 aromatic heterocycles.